The van der Waals surface area contributed by atoms with Gasteiger partial charge in [-0.3, -0.25) is 4.79 Å². The van der Waals surface area contributed by atoms with E-state index >= 15 is 0 Å². The fourth-order valence-electron chi connectivity index (χ4n) is 2.81. The Bertz CT molecular complexity index is 666. The molecule has 5 nitrogen and oxygen atoms in total. The molecule has 1 atom stereocenters. The Hall–Kier alpha value is -1.69. The number of aromatic nitrogens is 2. The van der Waals surface area contributed by atoms with Crippen LogP contribution in [0.3, 0.4) is 0 Å². The topological polar surface area (TPSA) is 72.1 Å². The van der Waals surface area contributed by atoms with Crippen molar-refractivity contribution in [1.82, 2.24) is 9.97 Å². The number of hydrogen-bond acceptors (Lipinski definition) is 5. The first kappa shape index (κ1) is 13.3. The van der Waals surface area contributed by atoms with E-state index in [2.05, 4.69) is 28.7 Å². The number of nitrogens with two attached hydrogens (primary N) is 1. The van der Waals surface area contributed by atoms with Gasteiger partial charge in [-0.2, -0.15) is 0 Å². The standard InChI is InChI=1S/C14H18N4OS/c1-8-9(2)20-14-11(8)13(16-7-17-14)18-5-3-4-10(6-18)12(15)19/h7,10H,3-6H2,1-2H3,(H2,15,19)/t10-/m0/s1. The highest BCUT2D eigenvalue weighted by Crippen LogP contribution is 2.35. The van der Waals surface area contributed by atoms with Crippen LogP contribution in [0.4, 0.5) is 5.82 Å². The van der Waals surface area contributed by atoms with Crippen molar-refractivity contribution in [2.24, 2.45) is 11.7 Å². The first-order valence-corrected chi connectivity index (χ1v) is 7.64. The molecule has 1 aliphatic heterocycles. The number of nitrogens with zero attached hydrogens (tertiary/aromatic N) is 3. The predicted octanol–water partition coefficient (Wildman–Crippen LogP) is 2.01. The molecule has 1 aliphatic rings. The molecule has 0 spiro atoms. The molecular weight excluding hydrogens is 272 g/mol. The maximum Gasteiger partial charge on any atom is 0.222 e. The summed E-state index contributed by atoms with van der Waals surface area (Å²) < 4.78 is 0. The highest BCUT2D eigenvalue weighted by atomic mass is 32.1. The van der Waals surface area contributed by atoms with E-state index in [9.17, 15) is 4.79 Å². The normalized spacial score (nSPS) is 19.5. The third-order valence-electron chi connectivity index (χ3n) is 4.07. The van der Waals surface area contributed by atoms with Crippen molar-refractivity contribution in [3.05, 3.63) is 16.8 Å². The Morgan fingerprint density at radius 1 is 1.45 bits per heavy atom. The first-order chi connectivity index (χ1) is 9.58. The summed E-state index contributed by atoms with van der Waals surface area (Å²) in [6.45, 7) is 5.80. The average Bonchev–Trinajstić information content (AvgIpc) is 2.74. The summed E-state index contributed by atoms with van der Waals surface area (Å²) in [5.41, 5.74) is 6.70. The lowest BCUT2D eigenvalue weighted by Crippen LogP contribution is -2.41. The van der Waals surface area contributed by atoms with E-state index in [0.29, 0.717) is 6.54 Å². The van der Waals surface area contributed by atoms with Crippen molar-refractivity contribution in [3.63, 3.8) is 0 Å². The van der Waals surface area contributed by atoms with E-state index in [0.717, 1.165) is 35.4 Å². The van der Waals surface area contributed by atoms with E-state index in [4.69, 9.17) is 5.73 Å². The smallest absolute Gasteiger partial charge is 0.222 e. The van der Waals surface area contributed by atoms with Crippen LogP contribution in [0.5, 0.6) is 0 Å². The zero-order valence-electron chi connectivity index (χ0n) is 11.7. The third kappa shape index (κ3) is 2.14. The summed E-state index contributed by atoms with van der Waals surface area (Å²) in [5.74, 6) is 0.662. The molecule has 1 fully saturated rings. The summed E-state index contributed by atoms with van der Waals surface area (Å²) >= 11 is 1.69. The summed E-state index contributed by atoms with van der Waals surface area (Å²) in [6, 6.07) is 0. The van der Waals surface area contributed by atoms with Crippen molar-refractivity contribution in [3.8, 4) is 0 Å². The number of rotatable bonds is 2. The largest absolute Gasteiger partial charge is 0.369 e. The number of fused-ring (bicyclic) bond motifs is 1. The molecule has 106 valence electrons. The van der Waals surface area contributed by atoms with Gasteiger partial charge in [0.1, 0.15) is 17.0 Å². The van der Waals surface area contributed by atoms with E-state index in [1.54, 1.807) is 17.7 Å². The number of piperidine rings is 1. The highest BCUT2D eigenvalue weighted by molar-refractivity contribution is 7.18. The van der Waals surface area contributed by atoms with E-state index in [-0.39, 0.29) is 11.8 Å². The summed E-state index contributed by atoms with van der Waals surface area (Å²) in [5, 5.41) is 1.13. The number of hydrogen-bond donors (Lipinski definition) is 1. The minimum absolute atomic E-state index is 0.0752. The molecule has 6 heteroatoms. The molecule has 1 saturated heterocycles. The molecule has 20 heavy (non-hydrogen) atoms. The van der Waals surface area contributed by atoms with E-state index in [1.807, 2.05) is 0 Å². The van der Waals surface area contributed by atoms with Gasteiger partial charge >= 0.3 is 0 Å². The molecule has 0 saturated carbocycles. The Labute approximate surface area is 121 Å². The van der Waals surface area contributed by atoms with Gasteiger partial charge in [0, 0.05) is 18.0 Å². The zero-order chi connectivity index (χ0) is 14.3. The number of anilines is 1. The molecular formula is C14H18N4OS. The van der Waals surface area contributed by atoms with Crippen LogP contribution in [0.15, 0.2) is 6.33 Å². The van der Waals surface area contributed by atoms with Gasteiger partial charge in [0.15, 0.2) is 0 Å². The molecule has 1 amide bonds. The van der Waals surface area contributed by atoms with Crippen LogP contribution < -0.4 is 10.6 Å². The van der Waals surface area contributed by atoms with Crippen LogP contribution in [0.2, 0.25) is 0 Å². The van der Waals surface area contributed by atoms with Crippen LogP contribution in [0, 0.1) is 19.8 Å². The van der Waals surface area contributed by atoms with Crippen molar-refractivity contribution in [2.75, 3.05) is 18.0 Å². The van der Waals surface area contributed by atoms with Gasteiger partial charge in [0.05, 0.1) is 11.3 Å². The number of thiophene rings is 1. The number of carbonyl (C=O) groups excluding carboxylic acids is 1. The molecule has 3 rings (SSSR count). The van der Waals surface area contributed by atoms with Crippen LogP contribution in [-0.4, -0.2) is 29.0 Å². The van der Waals surface area contributed by atoms with Crippen LogP contribution in [0.25, 0.3) is 10.2 Å². The molecule has 2 N–H and O–H groups in total. The molecule has 2 aromatic rings. The molecule has 2 aromatic heterocycles. The van der Waals surface area contributed by atoms with Gasteiger partial charge in [-0.05, 0) is 32.3 Å². The molecule has 0 aliphatic carbocycles. The molecule has 0 bridgehead atoms. The van der Waals surface area contributed by atoms with Gasteiger partial charge in [0.25, 0.3) is 0 Å². The minimum Gasteiger partial charge on any atom is -0.369 e. The second-order valence-electron chi connectivity index (χ2n) is 5.35. The van der Waals surface area contributed by atoms with Crippen LogP contribution in [-0.2, 0) is 4.79 Å². The maximum absolute atomic E-state index is 11.4. The lowest BCUT2D eigenvalue weighted by Gasteiger charge is -2.32. The van der Waals surface area contributed by atoms with E-state index < -0.39 is 0 Å². The summed E-state index contributed by atoms with van der Waals surface area (Å²) in [4.78, 5) is 24.7. The predicted molar refractivity (Wildman–Crippen MR) is 81.0 cm³/mol. The first-order valence-electron chi connectivity index (χ1n) is 6.83. The second kappa shape index (κ2) is 5.01. The number of primary amides is 1. The quantitative estimate of drug-likeness (QED) is 0.918. The lowest BCUT2D eigenvalue weighted by molar-refractivity contribution is -0.122. The number of amides is 1. The fourth-order valence-corrected chi connectivity index (χ4v) is 3.80. The van der Waals surface area contributed by atoms with Crippen molar-refractivity contribution < 1.29 is 4.79 Å². The Balaban J connectivity index is 2.03. The van der Waals surface area contributed by atoms with Gasteiger partial charge in [-0.15, -0.1) is 11.3 Å². The fraction of sp³-hybridized carbons (Fsp3) is 0.500. The summed E-state index contributed by atoms with van der Waals surface area (Å²) in [6.07, 6.45) is 3.46. The number of aryl methyl sites for hydroxylation is 2. The Morgan fingerprint density at radius 3 is 3.00 bits per heavy atom. The van der Waals surface area contributed by atoms with Crippen LogP contribution in [0.1, 0.15) is 23.3 Å². The number of carbonyl (C=O) groups is 1. The van der Waals surface area contributed by atoms with E-state index in [1.165, 1.54) is 10.4 Å². The summed E-state index contributed by atoms with van der Waals surface area (Å²) in [7, 11) is 0. The minimum atomic E-state index is -0.210. The Morgan fingerprint density at radius 2 is 2.25 bits per heavy atom. The van der Waals surface area contributed by atoms with Gasteiger partial charge < -0.3 is 10.6 Å². The lowest BCUT2D eigenvalue weighted by atomic mass is 9.97. The molecule has 0 radical (unpaired) electrons. The average molecular weight is 290 g/mol. The monoisotopic (exact) mass is 290 g/mol. The van der Waals surface area contributed by atoms with Gasteiger partial charge in [-0.1, -0.05) is 0 Å². The Kier molecular flexibility index (Phi) is 3.33. The molecule has 3 heterocycles. The zero-order valence-corrected chi connectivity index (χ0v) is 12.5. The van der Waals surface area contributed by atoms with Crippen LogP contribution >= 0.6 is 11.3 Å². The second-order valence-corrected chi connectivity index (χ2v) is 6.55. The third-order valence-corrected chi connectivity index (χ3v) is 5.18. The van der Waals surface area contributed by atoms with Gasteiger partial charge in [-0.25, -0.2) is 9.97 Å². The van der Waals surface area contributed by atoms with Crippen molar-refractivity contribution in [1.29, 1.82) is 0 Å². The maximum atomic E-state index is 11.4. The van der Waals surface area contributed by atoms with Crippen molar-refractivity contribution in [2.45, 2.75) is 26.7 Å². The molecule has 0 aromatic carbocycles. The van der Waals surface area contributed by atoms with Crippen molar-refractivity contribution >= 4 is 33.3 Å². The van der Waals surface area contributed by atoms with Gasteiger partial charge in [0.2, 0.25) is 5.91 Å². The highest BCUT2D eigenvalue weighted by Gasteiger charge is 2.26. The molecule has 0 unspecified atom stereocenters. The SMILES string of the molecule is Cc1sc2ncnc(N3CCC[C@H](C(N)=O)C3)c2c1C.